The van der Waals surface area contributed by atoms with E-state index in [-0.39, 0.29) is 29.5 Å². The number of primary amides is 1. The van der Waals surface area contributed by atoms with E-state index in [2.05, 4.69) is 34.7 Å². The van der Waals surface area contributed by atoms with Crippen molar-refractivity contribution in [3.05, 3.63) is 38.6 Å². The molecule has 4 N–H and O–H groups in total. The molecule has 0 spiro atoms. The van der Waals surface area contributed by atoms with Gasteiger partial charge in [0.05, 0.1) is 28.2 Å². The van der Waals surface area contributed by atoms with Gasteiger partial charge in [0.2, 0.25) is 5.91 Å². The van der Waals surface area contributed by atoms with E-state index in [1.54, 1.807) is 6.92 Å². The van der Waals surface area contributed by atoms with E-state index in [9.17, 15) is 24.6 Å². The van der Waals surface area contributed by atoms with Crippen molar-refractivity contribution in [1.29, 1.82) is 0 Å². The van der Waals surface area contributed by atoms with Gasteiger partial charge in [-0.2, -0.15) is 0 Å². The number of halogens is 1. The number of rotatable bonds is 10. The molecule has 1 aromatic carbocycles. The van der Waals surface area contributed by atoms with Crippen LogP contribution in [0.2, 0.25) is 0 Å². The fourth-order valence-corrected chi connectivity index (χ4v) is 9.08. The largest absolute Gasteiger partial charge is 0.485 e. The minimum atomic E-state index is -1.10. The first-order valence-electron chi connectivity index (χ1n) is 15.0. The van der Waals surface area contributed by atoms with Gasteiger partial charge in [-0.05, 0) is 72.9 Å². The molecule has 0 radical (unpaired) electrons. The van der Waals surface area contributed by atoms with Crippen LogP contribution in [0, 0.1) is 15.4 Å². The third-order valence-corrected chi connectivity index (χ3v) is 11.4. The summed E-state index contributed by atoms with van der Waals surface area (Å²) in [6.45, 7) is 9.72. The normalized spacial score (nSPS) is 34.6. The van der Waals surface area contributed by atoms with E-state index in [0.717, 1.165) is 89.8 Å². The van der Waals surface area contributed by atoms with E-state index < -0.39 is 24.1 Å². The number of quaternary nitrogens is 2. The Labute approximate surface area is 254 Å². The van der Waals surface area contributed by atoms with Crippen LogP contribution < -0.4 is 10.5 Å². The number of aryl methyl sites for hydroxylation is 1. The van der Waals surface area contributed by atoms with Gasteiger partial charge in [-0.1, -0.05) is 6.07 Å². The fourth-order valence-electron chi connectivity index (χ4n) is 8.37. The number of nitrogens with zero attached hydrogens (tertiary/aromatic N) is 3. The first-order chi connectivity index (χ1) is 19.5. The van der Waals surface area contributed by atoms with Crippen molar-refractivity contribution in [2.45, 2.75) is 57.3 Å². The number of carboxylic acid groups (broad SMARTS) is 1. The van der Waals surface area contributed by atoms with Gasteiger partial charge in [0.25, 0.3) is 5.91 Å². The molecule has 5 fully saturated rings. The lowest BCUT2D eigenvalue weighted by Gasteiger charge is -2.55. The summed E-state index contributed by atoms with van der Waals surface area (Å²) in [5.74, 6) is -1.50. The summed E-state index contributed by atoms with van der Waals surface area (Å²) >= 11 is 2.30. The molecule has 7 rings (SSSR count). The topological polar surface area (TPSA) is 130 Å². The van der Waals surface area contributed by atoms with E-state index in [1.807, 2.05) is 6.07 Å². The lowest BCUT2D eigenvalue weighted by molar-refractivity contribution is -1.08. The Morgan fingerprint density at radius 1 is 1.15 bits per heavy atom. The summed E-state index contributed by atoms with van der Waals surface area (Å²) in [6.07, 6.45) is 3.25. The second-order valence-electron chi connectivity index (χ2n) is 13.0. The maximum atomic E-state index is 12.8. The molecule has 2 bridgehead atoms. The number of aliphatic carboxylic acids is 1. The predicted octanol–water partition coefficient (Wildman–Crippen LogP) is 1.48. The molecule has 222 valence electrons. The van der Waals surface area contributed by atoms with E-state index in [1.165, 1.54) is 10.5 Å². The maximum absolute atomic E-state index is 12.8. The van der Waals surface area contributed by atoms with Gasteiger partial charge in [0.15, 0.2) is 6.54 Å². The minimum absolute atomic E-state index is 0.0619. The van der Waals surface area contributed by atoms with Crippen molar-refractivity contribution in [3.8, 4) is 5.75 Å². The van der Waals surface area contributed by atoms with Crippen LogP contribution in [0.5, 0.6) is 5.75 Å². The van der Waals surface area contributed by atoms with Gasteiger partial charge >= 0.3 is 5.97 Å². The number of aliphatic hydroxyl groups is 1. The van der Waals surface area contributed by atoms with Crippen LogP contribution in [0.3, 0.4) is 0 Å². The second-order valence-corrected chi connectivity index (χ2v) is 14.1. The Kier molecular flexibility index (Phi) is 7.61. The number of hydrogen-bond donors (Lipinski definition) is 3. The Hall–Kier alpha value is -2.22. The predicted molar refractivity (Wildman–Crippen MR) is 158 cm³/mol. The molecular weight excluding hydrogens is 639 g/mol. The number of carboxylic acids is 1. The van der Waals surface area contributed by atoms with Gasteiger partial charge in [-0.25, -0.2) is 4.79 Å². The maximum Gasteiger partial charge on any atom is 0.352 e. The number of β-lactam (4-membered cyclic amide) rings is 1. The second kappa shape index (κ2) is 10.8. The summed E-state index contributed by atoms with van der Waals surface area (Å²) < 4.78 is 9.52. The highest BCUT2D eigenvalue weighted by Gasteiger charge is 2.62. The van der Waals surface area contributed by atoms with Crippen LogP contribution in [-0.2, 0) is 20.8 Å². The van der Waals surface area contributed by atoms with Gasteiger partial charge in [-0.3, -0.25) is 9.59 Å². The average molecular weight is 681 g/mol. The molecule has 5 atom stereocenters. The molecule has 11 heteroatoms. The van der Waals surface area contributed by atoms with Crippen LogP contribution in [0.4, 0.5) is 0 Å². The number of piperazine rings is 3. The van der Waals surface area contributed by atoms with Crippen molar-refractivity contribution < 1.29 is 38.3 Å². The molecule has 6 aliphatic rings. The third-order valence-electron chi connectivity index (χ3n) is 10.6. The number of carbonyl (C=O) groups is 3. The molecule has 4 saturated heterocycles. The van der Waals surface area contributed by atoms with Gasteiger partial charge in [-0.15, -0.1) is 0 Å². The number of amides is 2. The van der Waals surface area contributed by atoms with Crippen LogP contribution in [0.15, 0.2) is 29.5 Å². The Bertz CT molecular complexity index is 1270. The summed E-state index contributed by atoms with van der Waals surface area (Å²) in [5, 5.41) is 20.3. The fraction of sp³-hybridized carbons (Fsp3) is 0.633. The Morgan fingerprint density at radius 2 is 1.83 bits per heavy atom. The minimum Gasteiger partial charge on any atom is -0.485 e. The highest BCUT2D eigenvalue weighted by Crippen LogP contribution is 2.52. The average Bonchev–Trinajstić information content (AvgIpc) is 3.22. The van der Waals surface area contributed by atoms with Crippen molar-refractivity contribution in [2.75, 3.05) is 52.4 Å². The molecule has 2 amide bonds. The molecule has 1 saturated carbocycles. The van der Waals surface area contributed by atoms with Crippen LogP contribution in [-0.4, -0.2) is 112 Å². The molecule has 5 aliphatic heterocycles. The molecular formula is C30H41IN4O6+2. The molecule has 1 aliphatic carbocycles. The zero-order chi connectivity index (χ0) is 29.1. The van der Waals surface area contributed by atoms with Crippen molar-refractivity contribution in [1.82, 2.24) is 4.90 Å². The van der Waals surface area contributed by atoms with Crippen LogP contribution >= 0.6 is 22.6 Å². The lowest BCUT2D eigenvalue weighted by atomic mass is 9.71. The van der Waals surface area contributed by atoms with Crippen LogP contribution in [0.1, 0.15) is 38.2 Å². The zero-order valence-corrected chi connectivity index (χ0v) is 25.8. The Balaban J connectivity index is 1.10. The quantitative estimate of drug-likeness (QED) is 0.195. The standard InChI is InChI=1S/C30H39IN4O6/c1-18(36)25-27-20-5-2-6-23(26(20)28(30(39)40)33(27)29(25)38)41-22-8-7-19(16-21(22)31)4-3-9-34-10-13-35(14-11-34,15-12-34)17-24(32)37/h7-8,16,18,20,23,25,27,36H,2-6,9-15,17H2,1H3,(H-2,32,37,39,40)/p+2. The summed E-state index contributed by atoms with van der Waals surface area (Å²) in [5.41, 5.74) is 7.54. The first-order valence-corrected chi connectivity index (χ1v) is 16.0. The molecule has 1 aromatic rings. The monoisotopic (exact) mass is 680 g/mol. The van der Waals surface area contributed by atoms with Gasteiger partial charge in [0, 0.05) is 17.9 Å². The number of nitrogens with two attached hydrogens (primary N) is 1. The number of fused-ring (bicyclic) bond motifs is 6. The molecule has 5 unspecified atom stereocenters. The number of hydrogen-bond acceptors (Lipinski definition) is 5. The van der Waals surface area contributed by atoms with Gasteiger partial charge in [0.1, 0.15) is 56.8 Å². The van der Waals surface area contributed by atoms with E-state index in [0.29, 0.717) is 18.5 Å². The highest BCUT2D eigenvalue weighted by atomic mass is 127. The third kappa shape index (κ3) is 5.06. The van der Waals surface area contributed by atoms with Crippen molar-refractivity contribution in [3.63, 3.8) is 0 Å². The Morgan fingerprint density at radius 3 is 2.44 bits per heavy atom. The number of benzene rings is 1. The van der Waals surface area contributed by atoms with E-state index >= 15 is 0 Å². The number of carbonyl (C=O) groups excluding carboxylic acids is 2. The SMILES string of the molecule is CC(O)C1C(=O)N2C(C(=O)O)=C3C(Oc4ccc(CCC[N+]56CC[N+](CC(N)=O)(CC5)CC6)cc4I)CCCC3C12. The summed E-state index contributed by atoms with van der Waals surface area (Å²) in [7, 11) is 0. The molecule has 5 heterocycles. The van der Waals surface area contributed by atoms with Crippen LogP contribution in [0.25, 0.3) is 0 Å². The summed E-state index contributed by atoms with van der Waals surface area (Å²) in [6, 6.07) is 5.99. The smallest absolute Gasteiger partial charge is 0.352 e. The van der Waals surface area contributed by atoms with E-state index in [4.69, 9.17) is 10.5 Å². The van der Waals surface area contributed by atoms with Crippen molar-refractivity contribution >= 4 is 40.4 Å². The van der Waals surface area contributed by atoms with Crippen molar-refractivity contribution in [2.24, 2.45) is 17.6 Å². The van der Waals surface area contributed by atoms with Gasteiger partial charge < -0.3 is 34.5 Å². The summed E-state index contributed by atoms with van der Waals surface area (Å²) in [4.78, 5) is 38.0. The molecule has 0 aromatic heterocycles. The zero-order valence-electron chi connectivity index (χ0n) is 23.6. The first kappa shape index (κ1) is 28.9. The molecule has 10 nitrogen and oxygen atoms in total. The lowest BCUT2D eigenvalue weighted by Crippen LogP contribution is -2.76. The highest BCUT2D eigenvalue weighted by molar-refractivity contribution is 14.1. The number of aliphatic hydroxyl groups excluding tert-OH is 1. The molecule has 41 heavy (non-hydrogen) atoms. The number of ether oxygens (including phenoxy) is 1.